The number of ether oxygens (including phenoxy) is 6. The van der Waals surface area contributed by atoms with Crippen LogP contribution in [-0.2, 0) is 142 Å². The summed E-state index contributed by atoms with van der Waals surface area (Å²) in [6.45, 7) is -15.5. The number of hydrogen-bond donors (Lipinski definition) is 7. The molecule has 546 valence electrons. The number of fused-ring (bicyclic) bond motifs is 1. The summed E-state index contributed by atoms with van der Waals surface area (Å²) in [4.78, 5) is 146. The van der Waals surface area contributed by atoms with Crippen molar-refractivity contribution >= 4 is 116 Å². The van der Waals surface area contributed by atoms with Crippen molar-refractivity contribution in [3.8, 4) is 0 Å². The Morgan fingerprint density at radius 1 is 0.704 bits per heavy atom. The van der Waals surface area contributed by atoms with Gasteiger partial charge in [-0.2, -0.15) is 4.98 Å². The number of anilines is 1. The molecule has 5 aliphatic heterocycles. The lowest BCUT2D eigenvalue weighted by atomic mass is 10.1. The molecule has 0 aromatic carbocycles. The molecule has 1 amide bonds. The molecule has 4 aromatic rings. The maximum Gasteiger partial charge on any atom is 0.330 e. The van der Waals surface area contributed by atoms with Crippen molar-refractivity contribution in [3.05, 3.63) is 106 Å². The van der Waals surface area contributed by atoms with E-state index in [0.29, 0.717) is 0 Å². The Morgan fingerprint density at radius 3 is 1.85 bits per heavy atom. The number of aliphatic hydroxyl groups excluding tert-OH is 1. The highest BCUT2D eigenvalue weighted by atomic mass is 32.7. The largest absolute Gasteiger partial charge is 0.780 e. The number of imidazole rings is 1. The molecule has 4 fully saturated rings. The number of amides is 1. The zero-order valence-corrected chi connectivity index (χ0v) is 61.1. The van der Waals surface area contributed by atoms with Gasteiger partial charge in [-0.05, 0) is 52.8 Å². The van der Waals surface area contributed by atoms with Crippen molar-refractivity contribution in [3.63, 3.8) is 0 Å². The van der Waals surface area contributed by atoms with Gasteiger partial charge in [-0.1, -0.05) is 42.0 Å². The number of aromatic nitrogens is 8. The summed E-state index contributed by atoms with van der Waals surface area (Å²) in [5.41, 5.74) is 1.86. The van der Waals surface area contributed by atoms with E-state index in [1.807, 2.05) is 0 Å². The van der Waals surface area contributed by atoms with Gasteiger partial charge in [-0.25, -0.2) is 14.6 Å². The lowest BCUT2D eigenvalue weighted by Crippen LogP contribution is -2.48. The summed E-state index contributed by atoms with van der Waals surface area (Å²) < 4.78 is 112. The van der Waals surface area contributed by atoms with E-state index in [2.05, 4.69) is 36.8 Å². The number of methoxy groups -OCH3 is 2. The average Bonchev–Trinajstić information content (AvgIpc) is 1.64. The van der Waals surface area contributed by atoms with Gasteiger partial charge in [0.1, 0.15) is 87.3 Å². The SMILES string of the molecule is C=C1NC(=O)C(C)=CN1[C@@H]1O[C@H](COP(O)(=S)O[C@@H]2C(OC)[C@H](n3cc(C)c(=O)[nH]c3=O)O[C@@H]2COP(=O)([S-])O[C@@H]2C[C@H](n3cc(C)c(=O)[nH]c3=O)O[C@@H]2COP([O-])(=S)O[C@@H]2C[C@H](n3cnc4c(=O)[nH]c(N)nc43)O[C@@H]2COP([O-])(=S)OC(C)C)[C@H](OP([O-])(=S)OCCCO)C1OC. The highest BCUT2D eigenvalue weighted by Crippen LogP contribution is 2.55. The van der Waals surface area contributed by atoms with E-state index in [1.54, 1.807) is 13.8 Å². The Kier molecular flexibility index (Phi) is 26.0. The van der Waals surface area contributed by atoms with E-state index in [1.165, 1.54) is 56.1 Å². The first-order chi connectivity index (χ1) is 45.9. The van der Waals surface area contributed by atoms with Crippen LogP contribution in [0.4, 0.5) is 5.95 Å². The fourth-order valence-corrected chi connectivity index (χ4v) is 18.1. The van der Waals surface area contributed by atoms with Gasteiger partial charge in [0.2, 0.25) is 5.95 Å². The van der Waals surface area contributed by atoms with Gasteiger partial charge in [-0.15, -0.1) is 0 Å². The fraction of sp³-hybridized carbons (Fsp3) is 0.633. The van der Waals surface area contributed by atoms with Crippen LogP contribution < -0.4 is 53.8 Å². The molecule has 9 rings (SSSR count). The molecule has 98 heavy (non-hydrogen) atoms. The summed E-state index contributed by atoms with van der Waals surface area (Å²) in [6.07, 6.45) is -16.2. The number of aliphatic hydroxyl groups is 1. The zero-order chi connectivity index (χ0) is 71.7. The van der Waals surface area contributed by atoms with Gasteiger partial charge in [0, 0.05) is 69.0 Å². The number of nitrogens with two attached hydrogens (primary N) is 1. The van der Waals surface area contributed by atoms with Crippen LogP contribution in [0.25, 0.3) is 11.2 Å². The Hall–Kier alpha value is -3.40. The Labute approximate surface area is 581 Å². The lowest BCUT2D eigenvalue weighted by molar-refractivity contribution is -0.218. The van der Waals surface area contributed by atoms with E-state index < -0.39 is 193 Å². The predicted octanol–water partition coefficient (Wildman–Crippen LogP) is -1.49. The second kappa shape index (κ2) is 32.3. The van der Waals surface area contributed by atoms with Crippen molar-refractivity contribution in [2.45, 2.75) is 146 Å². The third kappa shape index (κ3) is 19.3. The topological polar surface area (TPSA) is 506 Å². The van der Waals surface area contributed by atoms with Gasteiger partial charge >= 0.3 is 18.1 Å². The molecule has 0 saturated carbocycles. The van der Waals surface area contributed by atoms with Crippen molar-refractivity contribution in [2.75, 3.05) is 59.6 Å². The first-order valence-electron chi connectivity index (χ1n) is 29.2. The minimum Gasteiger partial charge on any atom is -0.780 e. The van der Waals surface area contributed by atoms with Crippen LogP contribution in [0.2, 0.25) is 0 Å². The second-order valence-electron chi connectivity index (χ2n) is 22.5. The van der Waals surface area contributed by atoms with Crippen LogP contribution in [0.3, 0.4) is 0 Å². The third-order valence-corrected chi connectivity index (χ3v) is 23.2. The van der Waals surface area contributed by atoms with Crippen LogP contribution in [0.5, 0.6) is 0 Å². The van der Waals surface area contributed by atoms with Crippen molar-refractivity contribution in [1.29, 1.82) is 0 Å². The van der Waals surface area contributed by atoms with Crippen LogP contribution in [0.1, 0.15) is 69.8 Å². The Bertz CT molecular complexity index is 4220. The molecule has 0 aliphatic carbocycles. The first kappa shape index (κ1) is 78.7. The summed E-state index contributed by atoms with van der Waals surface area (Å²) in [5.74, 6) is -0.704. The van der Waals surface area contributed by atoms with E-state index in [4.69, 9.17) is 139 Å². The lowest BCUT2D eigenvalue weighted by Gasteiger charge is -2.36. The van der Waals surface area contributed by atoms with E-state index in [9.17, 15) is 58.0 Å². The molecule has 19 atom stereocenters. The molecule has 0 bridgehead atoms. The minimum atomic E-state index is -4.96. The van der Waals surface area contributed by atoms with E-state index in [0.717, 1.165) is 22.4 Å². The van der Waals surface area contributed by atoms with Gasteiger partial charge in [0.15, 0.2) is 30.4 Å². The number of aryl methyl sites for hydroxylation is 2. The highest BCUT2D eigenvalue weighted by molar-refractivity contribution is 8.32. The molecule has 4 aromatic heterocycles. The van der Waals surface area contributed by atoms with Gasteiger partial charge in [0.25, 0.3) is 22.6 Å². The predicted molar refractivity (Wildman–Crippen MR) is 350 cm³/mol. The number of hydrogen-bond acceptors (Lipinski definition) is 36. The molecule has 0 radical (unpaired) electrons. The molecule has 7 unspecified atom stereocenters. The molecule has 39 nitrogen and oxygen atoms in total. The highest BCUT2D eigenvalue weighted by Gasteiger charge is 2.53. The van der Waals surface area contributed by atoms with E-state index >= 15 is 0 Å². The van der Waals surface area contributed by atoms with Crippen molar-refractivity contribution in [1.82, 2.24) is 48.8 Å². The quantitative estimate of drug-likeness (QED) is 0.0166. The number of H-pyrrole nitrogens is 3. The summed E-state index contributed by atoms with van der Waals surface area (Å²) in [7, 11) is 2.42. The van der Waals surface area contributed by atoms with Crippen LogP contribution >= 0.6 is 33.7 Å². The Morgan fingerprint density at radius 2 is 1.23 bits per heavy atom. The van der Waals surface area contributed by atoms with Crippen molar-refractivity contribution < 1.29 is 108 Å². The van der Waals surface area contributed by atoms with Crippen LogP contribution in [-0.4, -0.2) is 187 Å². The third-order valence-electron chi connectivity index (χ3n) is 15.2. The molecule has 4 saturated heterocycles. The second-order valence-corrected chi connectivity index (χ2v) is 36.2. The molecule has 0 spiro atoms. The Balaban J connectivity index is 0.950. The van der Waals surface area contributed by atoms with Crippen LogP contribution in [0.15, 0.2) is 66.9 Å². The van der Waals surface area contributed by atoms with Crippen molar-refractivity contribution in [2.24, 2.45) is 0 Å². The number of carbonyl (C=O) groups is 1. The fourth-order valence-electron chi connectivity index (χ4n) is 10.7. The van der Waals surface area contributed by atoms with Gasteiger partial charge in [-0.3, -0.25) is 56.9 Å². The number of carbonyl (C=O) groups excluding carboxylic acids is 1. The number of rotatable bonds is 32. The number of nitrogen functional groups attached to an aromatic ring is 1. The molecule has 49 heteroatoms. The van der Waals surface area contributed by atoms with Gasteiger partial charge < -0.3 is 122 Å². The maximum absolute atomic E-state index is 14.6. The standard InChI is InChI=1S/C49H72N11O28P5S5/c1-22(2)84-90(69,95)76-17-30-28(13-34(81-30)60-21-51-35-40(60)53-47(50)54-44(35)65)86-91(70,96)77-18-29-27(12-33(80-29)58-15-24(4)42(63)55-48(58)66)85-92(71,97)78-19-32-37(39(74-8)46(83-32)59-16-25(5)43(64)56-49(59)67)88-93(72,98)79-20-31-36(87-89(68,94)75-11-9-10-61)38(73-7)45(82-31)57-14-23(3)41(62)52-26(57)6/h14-16,21-22,27-34,36-39,45-46,61H,6,9-13,17-20H2,1-5,7-8H3,(H,52,62)(H,68,94)(H,69,95)(H,70,96)(H,71,97)(H,72,98)(H,55,63,66)(H,56,64,67)(H3,50,53,54,65)/p-4/t27-,28-,29-,30-,31-,32-,33-,34-,36+,37+,38?,39?,45-,46-,89?,90?,91?,92?,93?/m1/s1. The number of aromatic amines is 3. The summed E-state index contributed by atoms with van der Waals surface area (Å²) in [6, 6.07) is 0. The summed E-state index contributed by atoms with van der Waals surface area (Å²) in [5, 5.41) is 11.9. The smallest absolute Gasteiger partial charge is 0.330 e. The molecule has 8 N–H and O–H groups in total. The number of nitrogens with one attached hydrogen (secondary N) is 4. The first-order valence-corrected chi connectivity index (χ1v) is 42.1. The number of nitrogens with zero attached hydrogens (tertiary/aromatic N) is 6. The molecular formula is C49H68N11O28P5S5-4. The molecular weight excluding hydrogens is 1510 g/mol. The summed E-state index contributed by atoms with van der Waals surface area (Å²) >= 11 is 26.6. The monoisotopic (exact) mass is 1570 g/mol. The molecule has 5 aliphatic rings. The van der Waals surface area contributed by atoms with Crippen LogP contribution in [0, 0.1) is 13.8 Å². The van der Waals surface area contributed by atoms with Gasteiger partial charge in [0.05, 0.1) is 57.7 Å². The molecule has 9 heterocycles. The minimum absolute atomic E-state index is 0.0185. The maximum atomic E-state index is 14.6. The zero-order valence-electron chi connectivity index (χ0n) is 52.6. The normalized spacial score (nSPS) is 29.9. The average molecular weight is 1570 g/mol. The van der Waals surface area contributed by atoms with E-state index in [-0.39, 0.29) is 65.7 Å².